The van der Waals surface area contributed by atoms with Crippen LogP contribution in [0, 0.1) is 0 Å². The molecule has 0 unspecified atom stereocenters. The molecule has 58 valence electrons. The van der Waals surface area contributed by atoms with E-state index in [9.17, 15) is 0 Å². The van der Waals surface area contributed by atoms with Gasteiger partial charge in [-0.1, -0.05) is 25.7 Å². The van der Waals surface area contributed by atoms with Crippen molar-refractivity contribution in [2.45, 2.75) is 13.3 Å². The Balaban J connectivity index is 2.78. The van der Waals surface area contributed by atoms with Crippen LogP contribution in [0.5, 0.6) is 0 Å². The van der Waals surface area contributed by atoms with Gasteiger partial charge in [0.2, 0.25) is 0 Å². The lowest BCUT2D eigenvalue weighted by atomic mass is 10.2. The molecule has 0 radical (unpaired) electrons. The van der Waals surface area contributed by atoms with E-state index in [2.05, 4.69) is 25.7 Å². The first-order valence-corrected chi connectivity index (χ1v) is 3.84. The van der Waals surface area contributed by atoms with Crippen LogP contribution in [0.4, 0.5) is 0 Å². The molecule has 0 aromatic rings. The summed E-state index contributed by atoms with van der Waals surface area (Å²) < 4.78 is 0. The third-order valence-corrected chi connectivity index (χ3v) is 1.53. The maximum absolute atomic E-state index is 3.72. The minimum atomic E-state index is 1.05. The van der Waals surface area contributed by atoms with Gasteiger partial charge in [0.1, 0.15) is 0 Å². The summed E-state index contributed by atoms with van der Waals surface area (Å²) in [6.07, 6.45) is 13.1. The number of allylic oxidation sites excluding steroid dienone is 4. The van der Waals surface area contributed by atoms with Gasteiger partial charge < -0.3 is 4.90 Å². The summed E-state index contributed by atoms with van der Waals surface area (Å²) in [5.74, 6) is 0. The van der Waals surface area contributed by atoms with E-state index in [1.807, 2.05) is 29.5 Å². The first kappa shape index (κ1) is 7.86. The van der Waals surface area contributed by atoms with E-state index in [-0.39, 0.29) is 0 Å². The van der Waals surface area contributed by atoms with E-state index in [1.165, 1.54) is 5.70 Å². The number of hydrogen-bond acceptors (Lipinski definition) is 1. The molecule has 0 saturated heterocycles. The van der Waals surface area contributed by atoms with Crippen molar-refractivity contribution in [3.8, 4) is 0 Å². The molecule has 1 heteroatoms. The molecule has 0 saturated carbocycles. The summed E-state index contributed by atoms with van der Waals surface area (Å²) in [6, 6.07) is 0. The molecule has 0 spiro atoms. The summed E-state index contributed by atoms with van der Waals surface area (Å²) in [7, 11) is 0. The Morgan fingerprint density at radius 2 is 2.36 bits per heavy atom. The topological polar surface area (TPSA) is 3.24 Å². The Labute approximate surface area is 68.0 Å². The van der Waals surface area contributed by atoms with Gasteiger partial charge in [-0.15, -0.1) is 0 Å². The predicted molar refractivity (Wildman–Crippen MR) is 48.7 cm³/mol. The van der Waals surface area contributed by atoms with Gasteiger partial charge in [0.15, 0.2) is 0 Å². The molecule has 0 aromatic heterocycles. The summed E-state index contributed by atoms with van der Waals surface area (Å²) in [5.41, 5.74) is 1.20. The van der Waals surface area contributed by atoms with Gasteiger partial charge in [-0.05, 0) is 18.6 Å². The van der Waals surface area contributed by atoms with Crippen molar-refractivity contribution in [2.24, 2.45) is 0 Å². The van der Waals surface area contributed by atoms with Crippen molar-refractivity contribution in [2.75, 3.05) is 0 Å². The smallest absolute Gasteiger partial charge is 0.0409 e. The highest BCUT2D eigenvalue weighted by Crippen LogP contribution is 2.12. The summed E-state index contributed by atoms with van der Waals surface area (Å²) >= 11 is 0. The third kappa shape index (κ3) is 1.84. The molecule has 1 aliphatic rings. The van der Waals surface area contributed by atoms with Crippen molar-refractivity contribution in [3.63, 3.8) is 0 Å². The normalized spacial score (nSPS) is 19.4. The molecule has 0 fully saturated rings. The zero-order valence-electron chi connectivity index (χ0n) is 6.83. The molecule has 0 atom stereocenters. The molecule has 0 amide bonds. The van der Waals surface area contributed by atoms with Crippen LogP contribution in [0.3, 0.4) is 0 Å². The molecule has 1 rings (SSSR count). The van der Waals surface area contributed by atoms with Gasteiger partial charge in [-0.2, -0.15) is 0 Å². The molecular formula is C10H13N. The van der Waals surface area contributed by atoms with Crippen molar-refractivity contribution in [3.05, 3.63) is 49.0 Å². The quantitative estimate of drug-likeness (QED) is 0.580. The molecule has 1 nitrogen and oxygen atoms in total. The Bertz CT molecular complexity index is 221. The molecular weight excluding hydrogens is 134 g/mol. The van der Waals surface area contributed by atoms with Crippen molar-refractivity contribution >= 4 is 0 Å². The predicted octanol–water partition coefficient (Wildman–Crippen LogP) is 2.81. The first-order valence-electron chi connectivity index (χ1n) is 3.84. The van der Waals surface area contributed by atoms with E-state index >= 15 is 0 Å². The average Bonchev–Trinajstić information content (AvgIpc) is 2.06. The third-order valence-electron chi connectivity index (χ3n) is 1.53. The van der Waals surface area contributed by atoms with Gasteiger partial charge in [-0.25, -0.2) is 0 Å². The zero-order valence-corrected chi connectivity index (χ0v) is 6.83. The summed E-state index contributed by atoms with van der Waals surface area (Å²) in [6.45, 7) is 5.84. The highest BCUT2D eigenvalue weighted by atomic mass is 15.1. The second-order valence-electron chi connectivity index (χ2n) is 2.33. The van der Waals surface area contributed by atoms with E-state index in [0.717, 1.165) is 6.42 Å². The first-order chi connectivity index (χ1) is 5.38. The van der Waals surface area contributed by atoms with Crippen LogP contribution in [0.1, 0.15) is 13.3 Å². The SMILES string of the molecule is C=CN1C=CC=C/C1=C/CC. The maximum Gasteiger partial charge on any atom is 0.0409 e. The highest BCUT2D eigenvalue weighted by molar-refractivity contribution is 5.29. The van der Waals surface area contributed by atoms with Crippen molar-refractivity contribution in [1.82, 2.24) is 4.90 Å². The van der Waals surface area contributed by atoms with Crippen LogP contribution < -0.4 is 0 Å². The monoisotopic (exact) mass is 147 g/mol. The van der Waals surface area contributed by atoms with E-state index in [1.54, 1.807) is 0 Å². The highest BCUT2D eigenvalue weighted by Gasteiger charge is 1.99. The Morgan fingerprint density at radius 3 is 3.00 bits per heavy atom. The molecule has 1 heterocycles. The van der Waals surface area contributed by atoms with Gasteiger partial charge in [-0.3, -0.25) is 0 Å². The zero-order chi connectivity index (χ0) is 8.10. The number of rotatable bonds is 2. The average molecular weight is 147 g/mol. The summed E-state index contributed by atoms with van der Waals surface area (Å²) in [4.78, 5) is 2.00. The van der Waals surface area contributed by atoms with E-state index in [0.29, 0.717) is 0 Å². The lowest BCUT2D eigenvalue weighted by Gasteiger charge is -2.18. The fourth-order valence-electron chi connectivity index (χ4n) is 1.02. The fraction of sp³-hybridized carbons (Fsp3) is 0.200. The van der Waals surface area contributed by atoms with E-state index < -0.39 is 0 Å². The van der Waals surface area contributed by atoms with Gasteiger partial charge >= 0.3 is 0 Å². The largest absolute Gasteiger partial charge is 0.325 e. The minimum Gasteiger partial charge on any atom is -0.325 e. The van der Waals surface area contributed by atoms with Crippen LogP contribution in [0.15, 0.2) is 49.0 Å². The summed E-state index contributed by atoms with van der Waals surface area (Å²) in [5, 5.41) is 0. The van der Waals surface area contributed by atoms with Crippen LogP contribution in [0.2, 0.25) is 0 Å². The second-order valence-corrected chi connectivity index (χ2v) is 2.33. The molecule has 0 aromatic carbocycles. The Kier molecular flexibility index (Phi) is 2.73. The van der Waals surface area contributed by atoms with Crippen LogP contribution in [-0.4, -0.2) is 4.90 Å². The molecule has 1 aliphatic heterocycles. The lowest BCUT2D eigenvalue weighted by Crippen LogP contribution is -2.08. The fourth-order valence-corrected chi connectivity index (χ4v) is 1.02. The maximum atomic E-state index is 3.72. The Morgan fingerprint density at radius 1 is 1.55 bits per heavy atom. The molecule has 0 aliphatic carbocycles. The van der Waals surface area contributed by atoms with Crippen LogP contribution in [-0.2, 0) is 0 Å². The number of nitrogens with zero attached hydrogens (tertiary/aromatic N) is 1. The van der Waals surface area contributed by atoms with Crippen LogP contribution >= 0.6 is 0 Å². The molecule has 0 bridgehead atoms. The van der Waals surface area contributed by atoms with E-state index in [4.69, 9.17) is 0 Å². The lowest BCUT2D eigenvalue weighted by molar-refractivity contribution is 0.643. The van der Waals surface area contributed by atoms with Crippen molar-refractivity contribution in [1.29, 1.82) is 0 Å². The Hall–Kier alpha value is -1.24. The molecule has 11 heavy (non-hydrogen) atoms. The number of hydrogen-bond donors (Lipinski definition) is 0. The van der Waals surface area contributed by atoms with Gasteiger partial charge in [0, 0.05) is 18.1 Å². The molecule has 0 N–H and O–H groups in total. The van der Waals surface area contributed by atoms with Crippen LogP contribution in [0.25, 0.3) is 0 Å². The van der Waals surface area contributed by atoms with Crippen molar-refractivity contribution < 1.29 is 0 Å². The standard InChI is InChI=1S/C10H13N/c1-3-7-10-8-5-6-9-11(10)4-2/h4-9H,2-3H2,1H3/b10-7-. The van der Waals surface area contributed by atoms with Gasteiger partial charge in [0.05, 0.1) is 0 Å². The second kappa shape index (κ2) is 3.81. The minimum absolute atomic E-state index is 1.05. The van der Waals surface area contributed by atoms with Gasteiger partial charge in [0.25, 0.3) is 0 Å².